The van der Waals surface area contributed by atoms with E-state index >= 15 is 0 Å². The van der Waals surface area contributed by atoms with Crippen molar-refractivity contribution in [2.45, 2.75) is 0 Å². The van der Waals surface area contributed by atoms with Gasteiger partial charge in [-0.25, -0.2) is 43.8 Å². The number of para-hydroxylation sites is 1. The second-order valence-electron chi connectivity index (χ2n) is 27.7. The van der Waals surface area contributed by atoms with Crippen molar-refractivity contribution < 1.29 is 58.6 Å². The Bertz CT molecular complexity index is 7130. The minimum absolute atomic E-state index is 0.0890. The molecule has 37 nitrogen and oxygen atoms in total. The van der Waals surface area contributed by atoms with Gasteiger partial charge in [-0.15, -0.1) is 0 Å². The summed E-state index contributed by atoms with van der Waals surface area (Å²) in [6.45, 7) is 0. The maximum atomic E-state index is 11.1. The number of nitrogens with zero attached hydrogens (tertiary/aromatic N) is 21. The highest BCUT2D eigenvalue weighted by Crippen LogP contribution is 2.42. The minimum atomic E-state index is -1.13. The number of nitrogens with two attached hydrogens (primary N) is 4. The molecule has 0 spiro atoms. The van der Waals surface area contributed by atoms with E-state index in [-0.39, 0.29) is 51.9 Å². The molecule has 0 aliphatic rings. The Morgan fingerprint density at radius 3 is 1.02 bits per heavy atom. The van der Waals surface area contributed by atoms with Crippen molar-refractivity contribution in [2.75, 3.05) is 22.9 Å². The van der Waals surface area contributed by atoms with Gasteiger partial charge in [-0.3, -0.25) is 15.0 Å². The molecule has 0 saturated carbocycles. The van der Waals surface area contributed by atoms with Gasteiger partial charge in [0.1, 0.15) is 75.5 Å². The van der Waals surface area contributed by atoms with Gasteiger partial charge in [0.15, 0.2) is 28.4 Å². The van der Waals surface area contributed by atoms with Crippen molar-refractivity contribution in [1.82, 2.24) is 103 Å². The molecular weight excluding hydrogens is 1940 g/mol. The van der Waals surface area contributed by atoms with Gasteiger partial charge < -0.3 is 62.3 Å². The van der Waals surface area contributed by atoms with E-state index in [1.807, 2.05) is 134 Å². The Balaban J connectivity index is 0.000000122. The Morgan fingerprint density at radius 2 is 0.656 bits per heavy atom. The number of pyridine rings is 5. The summed E-state index contributed by atoms with van der Waals surface area (Å²) in [5.74, 6) is -0.196. The first-order chi connectivity index (χ1) is 63.5. The number of hydrogen-bond donors (Lipinski definition) is 8. The second kappa shape index (κ2) is 37.6. The lowest BCUT2D eigenvalue weighted by Gasteiger charge is -2.10. The van der Waals surface area contributed by atoms with E-state index in [2.05, 4.69) is 144 Å². The molecule has 0 saturated heterocycles. The number of ether oxygens (including phenoxy) is 4. The fourth-order valence-corrected chi connectivity index (χ4v) is 14.2. The molecule has 20 rings (SSSR count). The molecule has 0 amide bonds. The number of hydrogen-bond acceptors (Lipinski definition) is 28. The molecule has 12 N–H and O–H groups in total. The van der Waals surface area contributed by atoms with Gasteiger partial charge in [0.05, 0.1) is 71.6 Å². The number of carboxylic acid groups (broad SMARTS) is 4. The highest BCUT2D eigenvalue weighted by atomic mass is 79.9. The van der Waals surface area contributed by atoms with Crippen molar-refractivity contribution >= 4 is 133 Å². The predicted octanol–water partition coefficient (Wildman–Crippen LogP) is 17.9. The van der Waals surface area contributed by atoms with Crippen molar-refractivity contribution in [2.24, 2.45) is 0 Å². The fraction of sp³-hybridized carbons (Fsp3) is 0. The number of nitrogen functional groups attached to an aromatic ring is 4. The summed E-state index contributed by atoms with van der Waals surface area (Å²) >= 11 is 13.6. The zero-order valence-corrected chi connectivity index (χ0v) is 73.2. The summed E-state index contributed by atoms with van der Waals surface area (Å²) in [5.41, 5.74) is 38.5. The Labute approximate surface area is 770 Å². The van der Waals surface area contributed by atoms with Crippen LogP contribution in [0.4, 0.5) is 23.3 Å². The third kappa shape index (κ3) is 18.5. The van der Waals surface area contributed by atoms with E-state index in [0.29, 0.717) is 97.9 Å². The number of fused-ring (bicyclic) bond motifs is 4. The lowest BCUT2D eigenvalue weighted by molar-refractivity contribution is 0.0679. The maximum absolute atomic E-state index is 11.1. The van der Waals surface area contributed by atoms with Crippen LogP contribution >= 0.6 is 63.7 Å². The van der Waals surface area contributed by atoms with Gasteiger partial charge in [0.25, 0.3) is 0 Å². The van der Waals surface area contributed by atoms with E-state index < -0.39 is 23.9 Å². The normalized spacial score (nSPS) is 11.0. The highest BCUT2D eigenvalue weighted by molar-refractivity contribution is 9.11. The van der Waals surface area contributed by atoms with Gasteiger partial charge in [-0.05, 0) is 173 Å². The summed E-state index contributed by atoms with van der Waals surface area (Å²) < 4.78 is 32.8. The van der Waals surface area contributed by atoms with E-state index in [4.69, 9.17) is 62.3 Å². The molecule has 131 heavy (non-hydrogen) atoms. The van der Waals surface area contributed by atoms with Crippen LogP contribution in [-0.2, 0) is 0 Å². The summed E-state index contributed by atoms with van der Waals surface area (Å²) in [4.78, 5) is 92.3. The largest absolute Gasteiger partial charge is 0.478 e. The average Bonchev–Trinajstić information content (AvgIpc) is 1.68. The molecule has 0 aliphatic heterocycles. The number of carboxylic acids is 4. The molecule has 644 valence electrons. The van der Waals surface area contributed by atoms with Crippen LogP contribution in [0.3, 0.4) is 0 Å². The van der Waals surface area contributed by atoms with Crippen LogP contribution in [0.15, 0.2) is 305 Å². The first-order valence-electron chi connectivity index (χ1n) is 38.5. The molecule has 0 fully saturated rings. The first kappa shape index (κ1) is 86.0. The predicted molar refractivity (Wildman–Crippen MR) is 494 cm³/mol. The zero-order valence-electron chi connectivity index (χ0n) is 66.9. The Kier molecular flexibility index (Phi) is 24.6. The molecule has 0 unspecified atom stereocenters. The summed E-state index contributed by atoms with van der Waals surface area (Å²) in [5, 5.41) is 58.0. The monoisotopic (exact) mass is 2000 g/mol. The number of halogens is 4. The van der Waals surface area contributed by atoms with Crippen LogP contribution in [0.5, 0.6) is 46.5 Å². The SMILES string of the molecule is Nc1c(Br)c(Oc2ccc(C(=O)O)cc2)nc2c(-c3cnc(-c4ccccc4)nc3)cnn12.Nc1c(Br)c(Oc2ccc(C(=O)O)cc2)nc2c(-c3cnn(-c4ccccc4)c3)cnn12.Nc1c(Br)c(Oc2ccc(C(=O)O)nc2)nc2c(-c3ccc(-c4ccccc4)nc3)cnn12.Nc1c(Br)c(Oc2ccc(C(=O)O)nc2)nc2c(-c3ccc(-c4cccnc4)nc3)cnn12. The summed E-state index contributed by atoms with van der Waals surface area (Å²) in [6.07, 6.45) is 23.2. The molecule has 41 heteroatoms. The number of aromatic carboxylic acids is 4. The summed E-state index contributed by atoms with van der Waals surface area (Å²) in [7, 11) is 0. The van der Waals surface area contributed by atoms with E-state index in [1.165, 1.54) is 79.0 Å². The standard InChI is InChI=1S/2C23H15BrN6O3.C22H14BrN7O3.C22H15BrN6O3/c24-19-20(25)30-21(29-22(19)33-15-7-9-18(23(31)32)27-11-15)16(12-28-30)14-6-8-17(26-10-14)13-4-2-1-3-5-13;24-18-19(25)30-21(29-22(18)33-16-8-6-14(7-9-16)23(31)32)17(12-28-30)15-10-26-20(27-11-15)13-4-2-1-3-5-13;23-18-19(24)30-20(29-21(18)33-14-4-6-17(22(31)32)27-10-14)15(11-28-30)12-3-5-16(26-9-12)13-2-1-7-25-8-13;23-18-19(24)29-20(27-21(18)32-16-8-6-13(7-9-16)22(30)31)17(11-26-29)14-10-25-28(12-14)15-4-2-1-3-5-15/h2*1-12H,25H2,(H,31,32);1-11H,24H2,(H,31,32);1-12H,24H2,(H,30,31). The van der Waals surface area contributed by atoms with Crippen molar-refractivity contribution in [3.05, 3.63) is 327 Å². The highest BCUT2D eigenvalue weighted by Gasteiger charge is 2.25. The fourth-order valence-electron chi connectivity index (χ4n) is 12.9. The molecule has 0 radical (unpaired) electrons. The van der Waals surface area contributed by atoms with Crippen LogP contribution in [0.25, 0.3) is 107 Å². The van der Waals surface area contributed by atoms with Gasteiger partial charge in [-0.1, -0.05) is 91.0 Å². The van der Waals surface area contributed by atoms with E-state index in [1.54, 1.807) is 97.1 Å². The van der Waals surface area contributed by atoms with Gasteiger partial charge in [0.2, 0.25) is 23.5 Å². The Morgan fingerprint density at radius 1 is 0.298 bits per heavy atom. The van der Waals surface area contributed by atoms with Crippen LogP contribution in [0.1, 0.15) is 41.7 Å². The molecular formula is C90H59Br4N25O12. The quantitative estimate of drug-likeness (QED) is 0.0351. The Hall–Kier alpha value is -17.2. The molecule has 0 aliphatic carbocycles. The third-order valence-electron chi connectivity index (χ3n) is 19.4. The average molecular weight is 2000 g/mol. The zero-order chi connectivity index (χ0) is 91.1. The number of aromatic nitrogens is 21. The number of benzene rings is 5. The molecule has 5 aromatic carbocycles. The van der Waals surface area contributed by atoms with Crippen LogP contribution in [0.2, 0.25) is 0 Å². The lowest BCUT2D eigenvalue weighted by Crippen LogP contribution is -2.04. The van der Waals surface area contributed by atoms with Crippen LogP contribution < -0.4 is 41.9 Å². The molecule has 15 aromatic heterocycles. The molecule has 15 heterocycles. The van der Waals surface area contributed by atoms with E-state index in [0.717, 1.165) is 67.1 Å². The second-order valence-corrected chi connectivity index (χ2v) is 30.9. The maximum Gasteiger partial charge on any atom is 0.354 e. The molecule has 0 bridgehead atoms. The molecule has 20 aromatic rings. The number of rotatable bonds is 20. The van der Waals surface area contributed by atoms with Gasteiger partial charge in [0, 0.05) is 105 Å². The van der Waals surface area contributed by atoms with Crippen LogP contribution in [0, 0.1) is 0 Å². The first-order valence-corrected chi connectivity index (χ1v) is 41.7. The van der Waals surface area contributed by atoms with Crippen molar-refractivity contribution in [1.29, 1.82) is 0 Å². The van der Waals surface area contributed by atoms with Crippen LogP contribution in [-0.4, -0.2) is 147 Å². The lowest BCUT2D eigenvalue weighted by atomic mass is 10.1. The summed E-state index contributed by atoms with van der Waals surface area (Å²) in [6, 6.07) is 58.5. The third-order valence-corrected chi connectivity index (χ3v) is 22.4. The van der Waals surface area contributed by atoms with Gasteiger partial charge in [-0.2, -0.15) is 63.5 Å². The van der Waals surface area contributed by atoms with Gasteiger partial charge >= 0.3 is 23.9 Å². The minimum Gasteiger partial charge on any atom is -0.478 e. The van der Waals surface area contributed by atoms with E-state index in [9.17, 15) is 19.2 Å². The van der Waals surface area contributed by atoms with Crippen molar-refractivity contribution in [3.8, 4) is 131 Å². The number of anilines is 4. The number of carbonyl (C=O) groups is 4. The topological polar surface area (TPSA) is 519 Å². The molecule has 0 atom stereocenters. The van der Waals surface area contributed by atoms with Crippen molar-refractivity contribution in [3.63, 3.8) is 0 Å². The smallest absolute Gasteiger partial charge is 0.354 e.